The zero-order valence-electron chi connectivity index (χ0n) is 13.2. The number of pyridine rings is 1. The van der Waals surface area contributed by atoms with Crippen molar-refractivity contribution in [3.8, 4) is 0 Å². The molecule has 0 atom stereocenters. The van der Waals surface area contributed by atoms with Crippen LogP contribution in [0.5, 0.6) is 0 Å². The van der Waals surface area contributed by atoms with Crippen LogP contribution >= 0.6 is 0 Å². The van der Waals surface area contributed by atoms with Crippen LogP contribution in [-0.4, -0.2) is 12.3 Å². The highest BCUT2D eigenvalue weighted by Gasteiger charge is 1.95. The number of nitrogens with zero attached hydrogens (tertiary/aromatic N) is 1. The van der Waals surface area contributed by atoms with E-state index in [0.29, 0.717) is 5.92 Å². The lowest BCUT2D eigenvalue weighted by Crippen LogP contribution is -2.26. The Bertz CT molecular complexity index is 599. The summed E-state index contributed by atoms with van der Waals surface area (Å²) in [6, 6.07) is 24.8. The van der Waals surface area contributed by atoms with Crippen LogP contribution in [-0.2, 0) is 0 Å². The largest absolute Gasteiger partial charge is 0.265 e. The predicted molar refractivity (Wildman–Crippen MR) is 96.2 cm³/mol. The lowest BCUT2D eigenvalue weighted by Gasteiger charge is -2.01. The summed E-state index contributed by atoms with van der Waals surface area (Å²) >= 11 is 0. The normalized spacial score (nSPS) is 9.77. The Kier molecular flexibility index (Phi) is 6.44. The predicted octanol–water partition coefficient (Wildman–Crippen LogP) is 3.55. The van der Waals surface area contributed by atoms with Crippen molar-refractivity contribution in [2.45, 2.75) is 19.8 Å². The molecule has 0 aliphatic heterocycles. The van der Waals surface area contributed by atoms with Gasteiger partial charge in [0.2, 0.25) is 0 Å². The van der Waals surface area contributed by atoms with Gasteiger partial charge in [-0.2, -0.15) is 0 Å². The Hall–Kier alpha value is -2.35. The lowest BCUT2D eigenvalue weighted by atomic mass is 9.64. The summed E-state index contributed by atoms with van der Waals surface area (Å²) in [5.74, 6) is 0.619. The van der Waals surface area contributed by atoms with Crippen molar-refractivity contribution < 1.29 is 0 Å². The minimum Gasteiger partial charge on any atom is -0.265 e. The summed E-state index contributed by atoms with van der Waals surface area (Å²) < 4.78 is 0. The molecule has 1 heterocycles. The molecule has 109 valence electrons. The third-order valence-corrected chi connectivity index (χ3v) is 3.31. The summed E-state index contributed by atoms with van der Waals surface area (Å²) in [4.78, 5) is 3.93. The van der Waals surface area contributed by atoms with Crippen LogP contribution in [0.3, 0.4) is 0 Å². The van der Waals surface area contributed by atoms with Crippen molar-refractivity contribution >= 4 is 18.2 Å². The van der Waals surface area contributed by atoms with Gasteiger partial charge < -0.3 is 0 Å². The van der Waals surface area contributed by atoms with Gasteiger partial charge in [-0.1, -0.05) is 85.4 Å². The van der Waals surface area contributed by atoms with Crippen LogP contribution in [0.1, 0.15) is 25.3 Å². The molecule has 0 aliphatic carbocycles. The Morgan fingerprint density at radius 1 is 0.682 bits per heavy atom. The molecule has 0 N–H and O–H groups in total. The first-order valence-electron chi connectivity index (χ1n) is 7.60. The van der Waals surface area contributed by atoms with Crippen molar-refractivity contribution in [1.82, 2.24) is 4.98 Å². The van der Waals surface area contributed by atoms with E-state index in [-0.39, 0.29) is 0 Å². The third-order valence-electron chi connectivity index (χ3n) is 3.31. The maximum absolute atomic E-state index is 3.93. The standard InChI is InChI=1S/C12H10B.C8H11N/c1-3-7-11(8-4-1)13-12-9-5-2-6-10-12;1-7(2)8-3-5-9-6-4-8/h1-10H;3-7H,1-2H3. The first-order valence-corrected chi connectivity index (χ1v) is 7.60. The van der Waals surface area contributed by atoms with E-state index in [2.05, 4.69) is 74.6 Å². The minimum atomic E-state index is 0.619. The van der Waals surface area contributed by atoms with Gasteiger partial charge in [0.05, 0.1) is 0 Å². The van der Waals surface area contributed by atoms with Gasteiger partial charge in [0, 0.05) is 12.4 Å². The van der Waals surface area contributed by atoms with E-state index in [0.717, 1.165) is 0 Å². The fourth-order valence-electron chi connectivity index (χ4n) is 2.04. The molecule has 0 bridgehead atoms. The molecule has 0 aliphatic rings. The van der Waals surface area contributed by atoms with Gasteiger partial charge in [-0.3, -0.25) is 4.98 Å². The molecule has 3 aromatic rings. The van der Waals surface area contributed by atoms with E-state index >= 15 is 0 Å². The Morgan fingerprint density at radius 2 is 1.14 bits per heavy atom. The van der Waals surface area contributed by atoms with E-state index in [9.17, 15) is 0 Å². The molecule has 0 saturated heterocycles. The second-order valence-electron chi connectivity index (χ2n) is 5.40. The number of hydrogen-bond donors (Lipinski definition) is 0. The van der Waals surface area contributed by atoms with Gasteiger partial charge in [-0.05, 0) is 23.6 Å². The van der Waals surface area contributed by atoms with E-state index in [1.807, 2.05) is 36.7 Å². The van der Waals surface area contributed by atoms with E-state index in [1.165, 1.54) is 16.5 Å². The number of aromatic nitrogens is 1. The highest BCUT2D eigenvalue weighted by Crippen LogP contribution is 2.10. The second kappa shape index (κ2) is 8.83. The SMILES string of the molecule is CC(C)c1ccncc1.[B](c1ccccc1)c1ccccc1. The monoisotopic (exact) mass is 286 g/mol. The smallest absolute Gasteiger partial charge is 0.191 e. The first-order chi connectivity index (χ1) is 10.8. The average Bonchev–Trinajstić information content (AvgIpc) is 2.58. The van der Waals surface area contributed by atoms with Crippen molar-refractivity contribution in [2.75, 3.05) is 0 Å². The molecule has 1 aromatic heterocycles. The minimum absolute atomic E-state index is 0.619. The van der Waals surface area contributed by atoms with Gasteiger partial charge in [0.15, 0.2) is 7.28 Å². The quantitative estimate of drug-likeness (QED) is 0.671. The first kappa shape index (κ1) is 16.0. The maximum atomic E-state index is 3.93. The van der Waals surface area contributed by atoms with E-state index in [1.54, 1.807) is 0 Å². The second-order valence-corrected chi connectivity index (χ2v) is 5.40. The number of rotatable bonds is 3. The molecular formula is C20H21BN. The van der Waals surface area contributed by atoms with Crippen LogP contribution in [0.15, 0.2) is 85.2 Å². The summed E-state index contributed by atoms with van der Waals surface area (Å²) in [5, 5.41) is 0. The molecule has 0 spiro atoms. The zero-order chi connectivity index (χ0) is 15.6. The average molecular weight is 286 g/mol. The molecule has 0 saturated carbocycles. The molecule has 0 unspecified atom stereocenters. The third kappa shape index (κ3) is 5.57. The molecule has 22 heavy (non-hydrogen) atoms. The van der Waals surface area contributed by atoms with Crippen molar-refractivity contribution in [1.29, 1.82) is 0 Å². The van der Waals surface area contributed by atoms with Crippen LogP contribution in [0, 0.1) is 0 Å². The zero-order valence-corrected chi connectivity index (χ0v) is 13.2. The van der Waals surface area contributed by atoms with Crippen molar-refractivity contribution in [2.24, 2.45) is 0 Å². The molecule has 3 rings (SSSR count). The van der Waals surface area contributed by atoms with Crippen LogP contribution in [0.2, 0.25) is 0 Å². The summed E-state index contributed by atoms with van der Waals surface area (Å²) in [6.07, 6.45) is 3.66. The Labute approximate surface area is 134 Å². The maximum Gasteiger partial charge on any atom is 0.191 e. The number of hydrogen-bond acceptors (Lipinski definition) is 1. The highest BCUT2D eigenvalue weighted by atomic mass is 14.6. The van der Waals surface area contributed by atoms with Crippen LogP contribution < -0.4 is 10.9 Å². The van der Waals surface area contributed by atoms with Gasteiger partial charge in [0.1, 0.15) is 0 Å². The summed E-state index contributed by atoms with van der Waals surface area (Å²) in [5.41, 5.74) is 3.84. The van der Waals surface area contributed by atoms with Gasteiger partial charge in [-0.25, -0.2) is 0 Å². The number of benzene rings is 2. The van der Waals surface area contributed by atoms with Crippen molar-refractivity contribution in [3.63, 3.8) is 0 Å². The molecule has 2 aromatic carbocycles. The molecule has 0 fully saturated rings. The van der Waals surface area contributed by atoms with E-state index < -0.39 is 0 Å². The Balaban J connectivity index is 0.000000172. The fraction of sp³-hybridized carbons (Fsp3) is 0.150. The topological polar surface area (TPSA) is 12.9 Å². The molecule has 0 amide bonds. The van der Waals surface area contributed by atoms with Gasteiger partial charge >= 0.3 is 0 Å². The molecule has 2 heteroatoms. The molecule has 1 nitrogen and oxygen atoms in total. The summed E-state index contributed by atoms with van der Waals surface area (Å²) in [6.45, 7) is 4.35. The lowest BCUT2D eigenvalue weighted by molar-refractivity contribution is 0.863. The summed E-state index contributed by atoms with van der Waals surface area (Å²) in [7, 11) is 2.17. The van der Waals surface area contributed by atoms with Crippen molar-refractivity contribution in [3.05, 3.63) is 90.8 Å². The molecule has 1 radical (unpaired) electrons. The van der Waals surface area contributed by atoms with Gasteiger partial charge in [-0.15, -0.1) is 0 Å². The van der Waals surface area contributed by atoms with Gasteiger partial charge in [0.25, 0.3) is 0 Å². The van der Waals surface area contributed by atoms with Crippen LogP contribution in [0.25, 0.3) is 0 Å². The Morgan fingerprint density at radius 3 is 1.50 bits per heavy atom. The molecular weight excluding hydrogens is 265 g/mol. The van der Waals surface area contributed by atoms with Crippen LogP contribution in [0.4, 0.5) is 0 Å². The van der Waals surface area contributed by atoms with E-state index in [4.69, 9.17) is 0 Å². The highest BCUT2D eigenvalue weighted by molar-refractivity contribution is 6.67. The fourth-order valence-corrected chi connectivity index (χ4v) is 2.04.